The lowest BCUT2D eigenvalue weighted by molar-refractivity contribution is -0.146. The predicted molar refractivity (Wildman–Crippen MR) is 161 cm³/mol. The Kier molecular flexibility index (Phi) is 10.5. The molecule has 1 aliphatic rings. The number of carbonyl (C=O) groups excluding carboxylic acids is 1. The zero-order chi connectivity index (χ0) is 32.0. The summed E-state index contributed by atoms with van der Waals surface area (Å²) in [6.07, 6.45) is 0.447. The number of aliphatic hydroxyl groups is 1. The van der Waals surface area contributed by atoms with Gasteiger partial charge in [0.05, 0.1) is 19.2 Å². The van der Waals surface area contributed by atoms with Gasteiger partial charge in [0.15, 0.2) is 12.0 Å². The fourth-order valence-corrected chi connectivity index (χ4v) is 6.19. The number of halogens is 1. The normalized spacial score (nSPS) is 17.6. The lowest BCUT2D eigenvalue weighted by Gasteiger charge is -2.27. The van der Waals surface area contributed by atoms with Crippen LogP contribution in [0.5, 0.6) is 5.75 Å². The van der Waals surface area contributed by atoms with Gasteiger partial charge in [0.1, 0.15) is 23.7 Å². The van der Waals surface area contributed by atoms with Crippen molar-refractivity contribution in [1.82, 2.24) is 14.6 Å². The molecule has 2 aromatic carbocycles. The highest BCUT2D eigenvalue weighted by Gasteiger charge is 2.40. The SMILES string of the molecule is C=C[C@@H](O[P@](=O)(N[C@@H](C)C(=O)OCC(CC)CC)Oc1cccc2ccccc12)C1=C(O)C[C@H](n2cc(F)c(=O)[nH]c2=O)O1. The molecule has 44 heavy (non-hydrogen) atoms. The van der Waals surface area contributed by atoms with Crippen LogP contribution >= 0.6 is 7.75 Å². The number of aromatic amines is 1. The van der Waals surface area contributed by atoms with Crippen molar-refractivity contribution in [2.24, 2.45) is 5.92 Å². The third kappa shape index (κ3) is 7.47. The summed E-state index contributed by atoms with van der Waals surface area (Å²) in [4.78, 5) is 38.4. The van der Waals surface area contributed by atoms with Crippen LogP contribution in [0, 0.1) is 11.7 Å². The number of fused-ring (bicyclic) bond motifs is 1. The van der Waals surface area contributed by atoms with Crippen molar-refractivity contribution in [3.05, 3.63) is 99.5 Å². The Balaban J connectivity index is 1.62. The molecule has 3 aromatic rings. The Morgan fingerprint density at radius 3 is 2.66 bits per heavy atom. The van der Waals surface area contributed by atoms with Crippen LogP contribution in [0.2, 0.25) is 0 Å². The maximum Gasteiger partial charge on any atom is 0.460 e. The second-order valence-electron chi connectivity index (χ2n) is 10.2. The number of H-pyrrole nitrogens is 1. The van der Waals surface area contributed by atoms with Crippen molar-refractivity contribution in [3.63, 3.8) is 0 Å². The zero-order valence-electron chi connectivity index (χ0n) is 24.5. The summed E-state index contributed by atoms with van der Waals surface area (Å²) in [6, 6.07) is 11.2. The fourth-order valence-electron chi connectivity index (χ4n) is 4.55. The van der Waals surface area contributed by atoms with Crippen LogP contribution < -0.4 is 20.9 Å². The van der Waals surface area contributed by atoms with Gasteiger partial charge in [0.25, 0.3) is 5.56 Å². The Bertz CT molecular complexity index is 1710. The smallest absolute Gasteiger partial charge is 0.460 e. The number of nitrogens with zero attached hydrogens (tertiary/aromatic N) is 1. The molecule has 0 radical (unpaired) electrons. The molecule has 3 N–H and O–H groups in total. The molecule has 12 nitrogen and oxygen atoms in total. The number of esters is 1. The Morgan fingerprint density at radius 2 is 1.95 bits per heavy atom. The maximum atomic E-state index is 14.4. The van der Waals surface area contributed by atoms with Crippen LogP contribution in [0.1, 0.15) is 46.3 Å². The highest BCUT2D eigenvalue weighted by molar-refractivity contribution is 7.52. The Morgan fingerprint density at radius 1 is 1.25 bits per heavy atom. The number of benzene rings is 2. The van der Waals surface area contributed by atoms with E-state index in [-0.39, 0.29) is 30.5 Å². The van der Waals surface area contributed by atoms with E-state index in [1.54, 1.807) is 24.3 Å². The van der Waals surface area contributed by atoms with E-state index >= 15 is 0 Å². The summed E-state index contributed by atoms with van der Waals surface area (Å²) in [5.74, 6) is -2.27. The van der Waals surface area contributed by atoms with Gasteiger partial charge in [-0.15, -0.1) is 6.58 Å². The van der Waals surface area contributed by atoms with Crippen molar-refractivity contribution in [2.45, 2.75) is 58.4 Å². The molecule has 0 saturated heterocycles. The predicted octanol–water partition coefficient (Wildman–Crippen LogP) is 5.23. The van der Waals surface area contributed by atoms with E-state index in [2.05, 4.69) is 11.7 Å². The van der Waals surface area contributed by atoms with E-state index in [1.165, 1.54) is 13.0 Å². The van der Waals surface area contributed by atoms with Gasteiger partial charge in [-0.2, -0.15) is 9.48 Å². The van der Waals surface area contributed by atoms with Gasteiger partial charge in [-0.25, -0.2) is 9.36 Å². The second kappa shape index (κ2) is 14.1. The van der Waals surface area contributed by atoms with Crippen LogP contribution in [0.15, 0.2) is 82.4 Å². The first-order valence-electron chi connectivity index (χ1n) is 14.1. The third-order valence-electron chi connectivity index (χ3n) is 7.16. The molecule has 0 bridgehead atoms. The zero-order valence-corrected chi connectivity index (χ0v) is 25.4. The van der Waals surface area contributed by atoms with E-state index in [4.69, 9.17) is 18.5 Å². The summed E-state index contributed by atoms with van der Waals surface area (Å²) in [7, 11) is -4.51. The van der Waals surface area contributed by atoms with Crippen molar-refractivity contribution in [3.8, 4) is 5.75 Å². The maximum absolute atomic E-state index is 14.4. The average Bonchev–Trinajstić information content (AvgIpc) is 3.39. The topological polar surface area (TPSA) is 158 Å². The largest absolute Gasteiger partial charge is 0.508 e. The summed E-state index contributed by atoms with van der Waals surface area (Å²) in [5.41, 5.74) is -2.18. The molecule has 14 heteroatoms. The monoisotopic (exact) mass is 631 g/mol. The molecular formula is C30H35FN3O9P. The number of hydrogen-bond acceptors (Lipinski definition) is 9. The number of aromatic nitrogens is 2. The van der Waals surface area contributed by atoms with Crippen LogP contribution in [-0.2, 0) is 23.4 Å². The molecule has 0 saturated carbocycles. The van der Waals surface area contributed by atoms with Gasteiger partial charge in [0, 0.05) is 5.39 Å². The van der Waals surface area contributed by atoms with Gasteiger partial charge >= 0.3 is 19.4 Å². The number of hydrogen-bond donors (Lipinski definition) is 3. The molecule has 1 aliphatic heterocycles. The average molecular weight is 632 g/mol. The molecule has 0 unspecified atom stereocenters. The van der Waals surface area contributed by atoms with Crippen molar-refractivity contribution in [2.75, 3.05) is 6.61 Å². The van der Waals surface area contributed by atoms with Gasteiger partial charge in [-0.05, 0) is 24.3 Å². The molecular weight excluding hydrogens is 596 g/mol. The molecule has 2 heterocycles. The summed E-state index contributed by atoms with van der Waals surface area (Å²) in [5, 5.41) is 14.7. The number of rotatable bonds is 14. The number of carbonyl (C=O) groups is 1. The minimum atomic E-state index is -4.51. The van der Waals surface area contributed by atoms with E-state index in [0.717, 1.165) is 22.8 Å². The van der Waals surface area contributed by atoms with Crippen molar-refractivity contribution < 1.29 is 37.4 Å². The quantitative estimate of drug-likeness (QED) is 0.122. The van der Waals surface area contributed by atoms with E-state index in [1.807, 2.05) is 37.0 Å². The summed E-state index contributed by atoms with van der Waals surface area (Å²) >= 11 is 0. The van der Waals surface area contributed by atoms with Gasteiger partial charge < -0.3 is 19.1 Å². The lowest BCUT2D eigenvalue weighted by Crippen LogP contribution is -2.37. The van der Waals surface area contributed by atoms with Crippen LogP contribution in [-0.4, -0.2) is 39.4 Å². The molecule has 4 atom stereocenters. The lowest BCUT2D eigenvalue weighted by atomic mass is 10.1. The molecule has 1 aromatic heterocycles. The molecule has 0 spiro atoms. The highest BCUT2D eigenvalue weighted by atomic mass is 31.2. The number of nitrogens with one attached hydrogen (secondary N) is 2. The van der Waals surface area contributed by atoms with E-state index in [0.29, 0.717) is 11.6 Å². The summed E-state index contributed by atoms with van der Waals surface area (Å²) < 4.78 is 52.0. The molecule has 0 aliphatic carbocycles. The van der Waals surface area contributed by atoms with Crippen LogP contribution in [0.3, 0.4) is 0 Å². The first kappa shape index (κ1) is 32.7. The molecule has 236 valence electrons. The highest BCUT2D eigenvalue weighted by Crippen LogP contribution is 2.50. The Hall–Kier alpha value is -4.19. The Labute approximate surface area is 252 Å². The standard InChI is InChI=1S/C30H35FN3O9P/c1-5-19(6-2)17-40-29(37)18(4)33-44(39,43-25-14-10-12-20-11-8-9-13-21(20)25)42-24(7-3)27-23(35)15-26(41-27)34-16-22(31)28(36)32-30(34)38/h7-14,16,18-19,24,26,35H,3,5-6,15,17H2,1-2,4H3,(H,33,39)(H,32,36,38)/t18-,24+,26+,44+/m0/s1. The number of aliphatic hydroxyl groups excluding tert-OH is 1. The second-order valence-corrected chi connectivity index (χ2v) is 11.9. The molecule has 0 amide bonds. The minimum Gasteiger partial charge on any atom is -0.508 e. The molecule has 4 rings (SSSR count). The minimum absolute atomic E-state index is 0.164. The summed E-state index contributed by atoms with van der Waals surface area (Å²) in [6.45, 7) is 9.28. The fraction of sp³-hybridized carbons (Fsp3) is 0.367. The third-order valence-corrected chi connectivity index (χ3v) is 8.81. The molecule has 0 fully saturated rings. The van der Waals surface area contributed by atoms with E-state index in [9.17, 15) is 28.4 Å². The number of ether oxygens (including phenoxy) is 2. The first-order chi connectivity index (χ1) is 21.0. The van der Waals surface area contributed by atoms with Crippen LogP contribution in [0.4, 0.5) is 4.39 Å². The van der Waals surface area contributed by atoms with Crippen molar-refractivity contribution >= 4 is 24.5 Å². The first-order valence-corrected chi connectivity index (χ1v) is 15.6. The van der Waals surface area contributed by atoms with Gasteiger partial charge in [-0.1, -0.05) is 69.2 Å². The van der Waals surface area contributed by atoms with Gasteiger partial charge in [0.2, 0.25) is 5.82 Å². The van der Waals surface area contributed by atoms with E-state index < -0.39 is 54.9 Å². The van der Waals surface area contributed by atoms with Crippen molar-refractivity contribution in [1.29, 1.82) is 0 Å². The van der Waals surface area contributed by atoms with Crippen LogP contribution in [0.25, 0.3) is 10.8 Å². The van der Waals surface area contributed by atoms with Gasteiger partial charge in [-0.3, -0.25) is 23.7 Å².